The van der Waals surface area contributed by atoms with Crippen molar-refractivity contribution in [1.82, 2.24) is 0 Å². The molecule has 0 radical (unpaired) electrons. The van der Waals surface area contributed by atoms with Gasteiger partial charge in [-0.25, -0.2) is 4.79 Å². The highest BCUT2D eigenvalue weighted by atomic mass is 16.7. The van der Waals surface area contributed by atoms with Crippen LogP contribution in [0.25, 0.3) is 0 Å². The molecule has 5 N–H and O–H groups in total. The summed E-state index contributed by atoms with van der Waals surface area (Å²) in [5.41, 5.74) is -5.02. The fraction of sp³-hybridized carbons (Fsp3) is 0.619. The first-order chi connectivity index (χ1) is 15.9. The smallest absolute Gasteiger partial charge is 0.333 e. The molecule has 1 fully saturated rings. The second-order valence-corrected chi connectivity index (χ2v) is 7.72. The van der Waals surface area contributed by atoms with Crippen LogP contribution in [0.2, 0.25) is 0 Å². The molecule has 9 heteroatoms. The lowest BCUT2D eigenvalue weighted by Gasteiger charge is -2.44. The Morgan fingerprint density at radius 3 is 2.67 bits per heavy atom. The summed E-state index contributed by atoms with van der Waals surface area (Å²) in [6.45, 7) is -0.0164. The predicted octanol–water partition coefficient (Wildman–Crippen LogP) is -0.492. The van der Waals surface area contributed by atoms with Crippen molar-refractivity contribution in [3.63, 3.8) is 0 Å². The second kappa shape index (κ2) is 9.09. The number of ketones is 1. The Bertz CT molecular complexity index is 957. The van der Waals surface area contributed by atoms with E-state index < -0.39 is 85.5 Å². The topological polar surface area (TPSA) is 154 Å². The molecule has 1 aliphatic heterocycles. The van der Waals surface area contributed by atoms with Gasteiger partial charge >= 0.3 is 5.97 Å². The van der Waals surface area contributed by atoms with Gasteiger partial charge in [0.25, 0.3) is 0 Å². The van der Waals surface area contributed by atoms with Gasteiger partial charge in [-0.15, -0.1) is 0 Å². The van der Waals surface area contributed by atoms with Crippen LogP contribution >= 0.6 is 0 Å². The van der Waals surface area contributed by atoms with Crippen LogP contribution in [0.4, 0.5) is 0 Å². The van der Waals surface area contributed by atoms with Gasteiger partial charge in [0.1, 0.15) is 30.0 Å². The summed E-state index contributed by atoms with van der Waals surface area (Å²) in [6, 6.07) is -1.57. The maximum Gasteiger partial charge on any atom is 0.333 e. The van der Waals surface area contributed by atoms with E-state index in [0.717, 1.165) is 19.1 Å². The maximum atomic E-state index is 12.4. The lowest BCUT2D eigenvalue weighted by atomic mass is 9.64. The summed E-state index contributed by atoms with van der Waals surface area (Å²) < 4.78 is 50.4. The molecular weight excluding hydrogens is 396 g/mol. The zero-order chi connectivity index (χ0) is 27.1. The first-order valence-corrected chi connectivity index (χ1v) is 9.24. The lowest BCUT2D eigenvalue weighted by Crippen LogP contribution is -2.59. The van der Waals surface area contributed by atoms with Crippen molar-refractivity contribution in [3.8, 4) is 0 Å². The zero-order valence-corrected chi connectivity index (χ0v) is 16.8. The molecule has 0 aromatic heterocycles. The molecule has 2 rings (SSSR count). The minimum atomic E-state index is -2.89. The highest BCUT2D eigenvalue weighted by molar-refractivity contribution is 5.92. The van der Waals surface area contributed by atoms with Crippen molar-refractivity contribution >= 4 is 11.8 Å². The van der Waals surface area contributed by atoms with Gasteiger partial charge in [0.2, 0.25) is 6.29 Å². The Balaban J connectivity index is 2.39. The minimum absolute atomic E-state index is 0.140. The molecule has 0 unspecified atom stereocenters. The molecule has 0 amide bonds. The first-order valence-electron chi connectivity index (χ1n) is 11.7. The van der Waals surface area contributed by atoms with Crippen molar-refractivity contribution < 1.29 is 51.4 Å². The predicted molar refractivity (Wildman–Crippen MR) is 105 cm³/mol. The van der Waals surface area contributed by atoms with E-state index in [-0.39, 0.29) is 11.1 Å². The molecule has 30 heavy (non-hydrogen) atoms. The molecule has 0 spiro atoms. The quantitative estimate of drug-likeness (QED) is 0.220. The fourth-order valence-corrected chi connectivity index (χ4v) is 3.26. The van der Waals surface area contributed by atoms with Gasteiger partial charge in [-0.2, -0.15) is 0 Å². The number of carbonyl (C=O) groups excluding carboxylic acids is 2. The summed E-state index contributed by atoms with van der Waals surface area (Å²) in [5, 5.41) is 50.2. The third-order valence-electron chi connectivity index (χ3n) is 5.13. The molecule has 7 atom stereocenters. The van der Waals surface area contributed by atoms with E-state index in [1.807, 2.05) is 0 Å². The summed E-state index contributed by atoms with van der Waals surface area (Å²) in [4.78, 5) is 24.4. The van der Waals surface area contributed by atoms with Gasteiger partial charge in [0.15, 0.2) is 5.78 Å². The third-order valence-corrected chi connectivity index (χ3v) is 5.13. The molecule has 1 saturated heterocycles. The Kier molecular flexibility index (Phi) is 5.38. The van der Waals surface area contributed by atoms with Gasteiger partial charge in [-0.05, 0) is 37.1 Å². The highest BCUT2D eigenvalue weighted by Gasteiger charge is 2.47. The number of rotatable bonds is 5. The van der Waals surface area contributed by atoms with Crippen molar-refractivity contribution in [2.75, 3.05) is 6.61 Å². The Morgan fingerprint density at radius 1 is 1.40 bits per heavy atom. The molecule has 168 valence electrons. The summed E-state index contributed by atoms with van der Waals surface area (Å²) >= 11 is 0. The Hall–Kier alpha value is -1.88. The van der Waals surface area contributed by atoms with E-state index in [0.29, 0.717) is 0 Å². The second-order valence-electron chi connectivity index (χ2n) is 7.72. The molecular formula is C21H30O9. The van der Waals surface area contributed by atoms with E-state index in [1.165, 1.54) is 13.8 Å². The van der Waals surface area contributed by atoms with Crippen molar-refractivity contribution in [1.29, 1.82) is 0 Å². The van der Waals surface area contributed by atoms with Gasteiger partial charge in [-0.3, -0.25) is 4.79 Å². The minimum Gasteiger partial charge on any atom is -0.430 e. The van der Waals surface area contributed by atoms with Gasteiger partial charge in [0.05, 0.1) is 9.35 Å². The van der Waals surface area contributed by atoms with Gasteiger partial charge < -0.3 is 35.0 Å². The molecule has 2 aliphatic rings. The highest BCUT2D eigenvalue weighted by Crippen LogP contribution is 2.44. The molecule has 1 heterocycles. The molecule has 1 aliphatic carbocycles. The van der Waals surface area contributed by atoms with E-state index in [1.54, 1.807) is 0 Å². The average Bonchev–Trinajstić information content (AvgIpc) is 2.75. The molecule has 9 nitrogen and oxygen atoms in total. The maximum absolute atomic E-state index is 12.4. The largest absolute Gasteiger partial charge is 0.430 e. The van der Waals surface area contributed by atoms with E-state index in [4.69, 9.17) is 16.3 Å². The van der Waals surface area contributed by atoms with Crippen LogP contribution < -0.4 is 0 Å². The number of ether oxygens (including phenoxy) is 2. The molecule has 0 bridgehead atoms. The van der Waals surface area contributed by atoms with Crippen LogP contribution in [0.1, 0.15) is 40.9 Å². The normalized spacial score (nSPS) is 43.9. The molecule has 0 aromatic rings. The lowest BCUT2D eigenvalue weighted by molar-refractivity contribution is -0.291. The van der Waals surface area contributed by atoms with Crippen LogP contribution in [-0.4, -0.2) is 80.2 Å². The van der Waals surface area contributed by atoms with Crippen LogP contribution in [0, 0.1) is 5.41 Å². The Labute approximate surface area is 182 Å². The van der Waals surface area contributed by atoms with E-state index in [9.17, 15) is 35.1 Å². The SMILES string of the molecule is [2H]C(/C(C)=C\C(=O)O[C@@H]1O[C@H](CO)[C@@H](O)[C@H](O)[C@H]1O)=C(/[2H])[C@@]1(O)C(C)=CC(=O)C[C@]1(C)C([2H])([2H])[2H]. The standard InChI is InChI=1S/C21H30O9/c1-11(5-6-21(28)12(2)8-13(23)9-20(21,3)4)7-15(24)30-19-18(27)17(26)16(25)14(10-22)29-19/h5-8,14,16-19,22,25-28H,9-10H2,1-4H3/b6-5+,11-7-/t14-,16-,17+,18-,19+,21-/m1/s1/i3D3,5D,6D/t14-,16-,17+,18-,19+,20-,21-. The van der Waals surface area contributed by atoms with Crippen LogP contribution in [0.3, 0.4) is 0 Å². The summed E-state index contributed by atoms with van der Waals surface area (Å²) in [7, 11) is 0. The number of aliphatic hydroxyl groups excluding tert-OH is 4. The van der Waals surface area contributed by atoms with E-state index >= 15 is 0 Å². The number of aliphatic hydroxyl groups is 5. The number of allylic oxidation sites excluding steroid dienone is 3. The van der Waals surface area contributed by atoms with Crippen LogP contribution in [0.15, 0.2) is 35.4 Å². The summed E-state index contributed by atoms with van der Waals surface area (Å²) in [5.74, 6) is -1.75. The average molecular weight is 431 g/mol. The van der Waals surface area contributed by atoms with Gasteiger partial charge in [-0.1, -0.05) is 19.8 Å². The monoisotopic (exact) mass is 431 g/mol. The fourth-order valence-electron chi connectivity index (χ4n) is 3.26. The summed E-state index contributed by atoms with van der Waals surface area (Å²) in [6.07, 6.45) is -7.25. The number of hydrogen-bond donors (Lipinski definition) is 5. The zero-order valence-electron chi connectivity index (χ0n) is 21.8. The Morgan fingerprint density at radius 2 is 2.07 bits per heavy atom. The van der Waals surface area contributed by atoms with Crippen molar-refractivity contribution in [2.24, 2.45) is 5.41 Å². The molecule has 0 saturated carbocycles. The molecule has 0 aromatic carbocycles. The van der Waals surface area contributed by atoms with E-state index in [2.05, 4.69) is 0 Å². The number of esters is 1. The number of hydrogen-bond acceptors (Lipinski definition) is 9. The number of carbonyl (C=O) groups is 2. The van der Waals surface area contributed by atoms with Gasteiger partial charge in [0, 0.05) is 22.0 Å². The van der Waals surface area contributed by atoms with Crippen LogP contribution in [-0.2, 0) is 19.1 Å². The van der Waals surface area contributed by atoms with Crippen molar-refractivity contribution in [2.45, 2.75) is 70.4 Å². The first kappa shape index (κ1) is 17.8. The van der Waals surface area contributed by atoms with Crippen molar-refractivity contribution in [3.05, 3.63) is 35.4 Å². The third kappa shape index (κ3) is 4.88. The van der Waals surface area contributed by atoms with Crippen LogP contribution in [0.5, 0.6) is 0 Å².